The van der Waals surface area contributed by atoms with Crippen LogP contribution in [0.2, 0.25) is 0 Å². The quantitative estimate of drug-likeness (QED) is 0.846. The zero-order valence-electron chi connectivity index (χ0n) is 12.0. The molecule has 0 aromatic carbocycles. The number of anilines is 2. The summed E-state index contributed by atoms with van der Waals surface area (Å²) in [5.74, 6) is -0.118. The van der Waals surface area contributed by atoms with Crippen molar-refractivity contribution in [3.63, 3.8) is 0 Å². The molecule has 2 heterocycles. The van der Waals surface area contributed by atoms with E-state index in [1.54, 1.807) is 14.2 Å². The fraction of sp³-hybridized carbons (Fsp3) is 0.615. The van der Waals surface area contributed by atoms with Crippen LogP contribution in [0.3, 0.4) is 0 Å². The first kappa shape index (κ1) is 15.1. The Morgan fingerprint density at radius 2 is 2.05 bits per heavy atom. The van der Waals surface area contributed by atoms with Crippen LogP contribution in [0.5, 0.6) is 0 Å². The highest BCUT2D eigenvalue weighted by molar-refractivity contribution is 7.18. The highest BCUT2D eigenvalue weighted by Gasteiger charge is 2.34. The number of ether oxygens (including phenoxy) is 2. The van der Waals surface area contributed by atoms with Crippen LogP contribution in [0.1, 0.15) is 16.6 Å². The molecular formula is C13H21N3O3S. The maximum atomic E-state index is 11.9. The van der Waals surface area contributed by atoms with E-state index >= 15 is 0 Å². The largest absolute Gasteiger partial charge is 0.397 e. The zero-order chi connectivity index (χ0) is 14.7. The van der Waals surface area contributed by atoms with E-state index < -0.39 is 0 Å². The van der Waals surface area contributed by atoms with Gasteiger partial charge >= 0.3 is 0 Å². The van der Waals surface area contributed by atoms with Gasteiger partial charge in [-0.05, 0) is 13.0 Å². The number of carbonyl (C=O) groups is 1. The van der Waals surface area contributed by atoms with Gasteiger partial charge in [-0.1, -0.05) is 0 Å². The summed E-state index contributed by atoms with van der Waals surface area (Å²) in [7, 11) is 3.37. The third-order valence-corrected chi connectivity index (χ3v) is 4.63. The number of nitrogens with one attached hydrogen (secondary N) is 1. The van der Waals surface area contributed by atoms with Crippen molar-refractivity contribution in [2.45, 2.75) is 19.1 Å². The van der Waals surface area contributed by atoms with E-state index in [4.69, 9.17) is 15.2 Å². The molecule has 7 heteroatoms. The first-order valence-corrected chi connectivity index (χ1v) is 7.40. The molecule has 3 N–H and O–H groups in total. The van der Waals surface area contributed by atoms with E-state index in [9.17, 15) is 4.79 Å². The predicted molar refractivity (Wildman–Crippen MR) is 80.5 cm³/mol. The van der Waals surface area contributed by atoms with Gasteiger partial charge in [-0.3, -0.25) is 4.79 Å². The molecule has 2 atom stereocenters. The van der Waals surface area contributed by atoms with Crippen molar-refractivity contribution < 1.29 is 14.3 Å². The maximum absolute atomic E-state index is 11.9. The first-order valence-electron chi connectivity index (χ1n) is 6.58. The summed E-state index contributed by atoms with van der Waals surface area (Å²) in [5, 5.41) is 3.75. The number of hydrogen-bond donors (Lipinski definition) is 2. The number of amides is 1. The van der Waals surface area contributed by atoms with Gasteiger partial charge in [-0.15, -0.1) is 11.3 Å². The van der Waals surface area contributed by atoms with Crippen molar-refractivity contribution in [3.8, 4) is 0 Å². The Bertz CT molecular complexity index is 465. The van der Waals surface area contributed by atoms with E-state index in [-0.39, 0.29) is 18.1 Å². The van der Waals surface area contributed by atoms with Crippen LogP contribution in [0, 0.1) is 0 Å². The molecular weight excluding hydrogens is 278 g/mol. The Morgan fingerprint density at radius 3 is 2.55 bits per heavy atom. The summed E-state index contributed by atoms with van der Waals surface area (Å²) in [4.78, 5) is 14.6. The smallest absolute Gasteiger partial charge is 0.263 e. The second-order valence-corrected chi connectivity index (χ2v) is 5.71. The molecule has 1 aliphatic rings. The summed E-state index contributed by atoms with van der Waals surface area (Å²) in [6.07, 6.45) is 0.0764. The van der Waals surface area contributed by atoms with Crippen LogP contribution in [0.25, 0.3) is 0 Å². The van der Waals surface area contributed by atoms with Crippen LogP contribution < -0.4 is 16.0 Å². The van der Waals surface area contributed by atoms with Crippen LogP contribution in [-0.4, -0.2) is 52.0 Å². The van der Waals surface area contributed by atoms with Gasteiger partial charge in [-0.2, -0.15) is 0 Å². The topological polar surface area (TPSA) is 76.8 Å². The number of nitrogens with two attached hydrogens (primary N) is 1. The summed E-state index contributed by atoms with van der Waals surface area (Å²) in [6.45, 7) is 3.95. The van der Waals surface area contributed by atoms with Crippen molar-refractivity contribution in [2.75, 3.05) is 44.5 Å². The van der Waals surface area contributed by atoms with Crippen molar-refractivity contribution in [2.24, 2.45) is 0 Å². The van der Waals surface area contributed by atoms with E-state index in [1.807, 2.05) is 13.0 Å². The second-order valence-electron chi connectivity index (χ2n) is 4.68. The van der Waals surface area contributed by atoms with Gasteiger partial charge in [0.1, 0.15) is 17.1 Å². The molecule has 1 saturated heterocycles. The molecule has 0 bridgehead atoms. The van der Waals surface area contributed by atoms with E-state index in [0.29, 0.717) is 17.1 Å². The molecule has 0 spiro atoms. The Kier molecular flexibility index (Phi) is 4.85. The Hall–Kier alpha value is -1.31. The van der Waals surface area contributed by atoms with Crippen LogP contribution in [0.15, 0.2) is 6.07 Å². The SMILES string of the molecule is CCNC(=O)c1sc(N2CC(OC)C(OC)C2)cc1N. The third-order valence-electron chi connectivity index (χ3n) is 3.42. The molecule has 20 heavy (non-hydrogen) atoms. The fourth-order valence-electron chi connectivity index (χ4n) is 2.34. The number of hydrogen-bond acceptors (Lipinski definition) is 6. The molecule has 1 aromatic rings. The molecule has 1 fully saturated rings. The number of methoxy groups -OCH3 is 2. The molecule has 0 saturated carbocycles. The van der Waals surface area contributed by atoms with Gasteiger partial charge in [0.05, 0.1) is 10.7 Å². The zero-order valence-corrected chi connectivity index (χ0v) is 12.8. The lowest BCUT2D eigenvalue weighted by atomic mass is 10.3. The van der Waals surface area contributed by atoms with Crippen LogP contribution in [-0.2, 0) is 9.47 Å². The van der Waals surface area contributed by atoms with E-state index in [1.165, 1.54) is 11.3 Å². The van der Waals surface area contributed by atoms with Gasteiger partial charge < -0.3 is 25.4 Å². The Morgan fingerprint density at radius 1 is 1.45 bits per heavy atom. The van der Waals surface area contributed by atoms with E-state index in [0.717, 1.165) is 18.1 Å². The van der Waals surface area contributed by atoms with Gasteiger partial charge in [0.15, 0.2) is 0 Å². The van der Waals surface area contributed by atoms with Gasteiger partial charge in [-0.25, -0.2) is 0 Å². The number of nitrogens with zero attached hydrogens (tertiary/aromatic N) is 1. The van der Waals surface area contributed by atoms with Crippen molar-refractivity contribution in [1.29, 1.82) is 0 Å². The number of thiophene rings is 1. The second kappa shape index (κ2) is 6.43. The summed E-state index contributed by atoms with van der Waals surface area (Å²) in [5.41, 5.74) is 6.45. The van der Waals surface area contributed by atoms with Gasteiger partial charge in [0.2, 0.25) is 0 Å². The minimum atomic E-state index is -0.118. The molecule has 112 valence electrons. The lowest BCUT2D eigenvalue weighted by Crippen LogP contribution is -2.27. The van der Waals surface area contributed by atoms with Gasteiger partial charge in [0, 0.05) is 33.9 Å². The van der Waals surface area contributed by atoms with Crippen molar-refractivity contribution in [3.05, 3.63) is 10.9 Å². The lowest BCUT2D eigenvalue weighted by Gasteiger charge is -2.14. The minimum absolute atomic E-state index is 0.0382. The van der Waals surface area contributed by atoms with Crippen molar-refractivity contribution >= 4 is 27.9 Å². The monoisotopic (exact) mass is 299 g/mol. The number of rotatable bonds is 5. The Balaban J connectivity index is 2.14. The van der Waals surface area contributed by atoms with Crippen LogP contribution in [0.4, 0.5) is 10.7 Å². The summed E-state index contributed by atoms with van der Waals surface area (Å²) < 4.78 is 10.8. The highest BCUT2D eigenvalue weighted by Crippen LogP contribution is 2.34. The van der Waals surface area contributed by atoms with Gasteiger partial charge in [0.25, 0.3) is 5.91 Å². The third kappa shape index (κ3) is 2.89. The highest BCUT2D eigenvalue weighted by atomic mass is 32.1. The molecule has 1 aromatic heterocycles. The normalized spacial score (nSPS) is 22.2. The minimum Gasteiger partial charge on any atom is -0.397 e. The molecule has 0 radical (unpaired) electrons. The van der Waals surface area contributed by atoms with Crippen LogP contribution >= 0.6 is 11.3 Å². The lowest BCUT2D eigenvalue weighted by molar-refractivity contribution is -0.00461. The van der Waals surface area contributed by atoms with E-state index in [2.05, 4.69) is 10.2 Å². The Labute approximate surface area is 122 Å². The molecule has 2 rings (SSSR count). The number of nitrogen functional groups attached to an aromatic ring is 1. The molecule has 2 unspecified atom stereocenters. The number of carbonyl (C=O) groups excluding carboxylic acids is 1. The molecule has 0 aliphatic carbocycles. The first-order chi connectivity index (χ1) is 9.60. The standard InChI is InChI=1S/C13H21N3O3S/c1-4-15-13(17)12-8(14)5-11(20-12)16-6-9(18-2)10(7-16)19-3/h5,9-10H,4,6-7,14H2,1-3H3,(H,15,17). The predicted octanol–water partition coefficient (Wildman–Crippen LogP) is 0.930. The molecule has 1 aliphatic heterocycles. The summed E-state index contributed by atoms with van der Waals surface area (Å²) >= 11 is 1.41. The summed E-state index contributed by atoms with van der Waals surface area (Å²) in [6, 6.07) is 1.85. The average Bonchev–Trinajstić information content (AvgIpc) is 3.01. The average molecular weight is 299 g/mol. The fourth-order valence-corrected chi connectivity index (χ4v) is 3.36. The molecule has 1 amide bonds. The molecule has 6 nitrogen and oxygen atoms in total. The van der Waals surface area contributed by atoms with Crippen molar-refractivity contribution in [1.82, 2.24) is 5.32 Å². The maximum Gasteiger partial charge on any atom is 0.263 e.